The van der Waals surface area contributed by atoms with Crippen LogP contribution < -0.4 is 5.32 Å². The van der Waals surface area contributed by atoms with Gasteiger partial charge in [0.15, 0.2) is 5.82 Å². The Morgan fingerprint density at radius 1 is 0.828 bits per heavy atom. The number of anilines is 2. The minimum atomic E-state index is -2.97. The van der Waals surface area contributed by atoms with Crippen molar-refractivity contribution in [2.24, 2.45) is 0 Å². The number of rotatable bonds is 6. The highest BCUT2D eigenvalue weighted by Crippen LogP contribution is 2.27. The zero-order chi connectivity index (χ0) is 20.3. The van der Waals surface area contributed by atoms with Crippen LogP contribution in [0.3, 0.4) is 0 Å². The van der Waals surface area contributed by atoms with Crippen molar-refractivity contribution >= 4 is 32.2 Å². The summed E-state index contributed by atoms with van der Waals surface area (Å²) in [5.41, 5.74) is 3.69. The number of hydrogen-bond acceptors (Lipinski definition) is 5. The lowest BCUT2D eigenvalue weighted by Crippen LogP contribution is -2.05. The molecule has 0 spiro atoms. The summed E-state index contributed by atoms with van der Waals surface area (Å²) in [5.74, 6) is 1.55. The number of hydrogen-bond donors (Lipinski definition) is 1. The maximum atomic E-state index is 11.4. The van der Waals surface area contributed by atoms with Gasteiger partial charge in [-0.05, 0) is 36.2 Å². The Bertz CT molecular complexity index is 1240. The molecule has 0 amide bonds. The van der Waals surface area contributed by atoms with Gasteiger partial charge in [0.1, 0.15) is 15.7 Å². The summed E-state index contributed by atoms with van der Waals surface area (Å²) in [7, 11) is -2.97. The summed E-state index contributed by atoms with van der Waals surface area (Å²) in [6.07, 6.45) is 1.77. The summed E-state index contributed by atoms with van der Waals surface area (Å²) < 4.78 is 22.7. The maximum absolute atomic E-state index is 11.4. The van der Waals surface area contributed by atoms with Gasteiger partial charge in [-0.2, -0.15) is 0 Å². The zero-order valence-electron chi connectivity index (χ0n) is 16.0. The van der Waals surface area contributed by atoms with E-state index in [0.717, 1.165) is 33.5 Å². The predicted octanol–water partition coefficient (Wildman–Crippen LogP) is 4.63. The lowest BCUT2D eigenvalue weighted by Gasteiger charge is -2.11. The quantitative estimate of drug-likeness (QED) is 0.508. The average Bonchev–Trinajstić information content (AvgIpc) is 2.73. The smallest absolute Gasteiger partial charge is 0.162 e. The van der Waals surface area contributed by atoms with Gasteiger partial charge in [-0.1, -0.05) is 54.6 Å². The Balaban J connectivity index is 1.65. The molecule has 1 N–H and O–H groups in total. The van der Waals surface area contributed by atoms with Gasteiger partial charge in [-0.25, -0.2) is 18.4 Å². The molecule has 0 saturated carbocycles. The molecule has 0 bridgehead atoms. The van der Waals surface area contributed by atoms with E-state index in [-0.39, 0.29) is 5.75 Å². The van der Waals surface area contributed by atoms with Gasteiger partial charge in [0, 0.05) is 22.9 Å². The van der Waals surface area contributed by atoms with E-state index in [9.17, 15) is 8.42 Å². The highest BCUT2D eigenvalue weighted by Gasteiger charge is 2.10. The van der Waals surface area contributed by atoms with Crippen LogP contribution in [0.15, 0.2) is 78.9 Å². The van der Waals surface area contributed by atoms with E-state index in [4.69, 9.17) is 9.97 Å². The topological polar surface area (TPSA) is 72.0 Å². The van der Waals surface area contributed by atoms with E-state index in [1.807, 2.05) is 78.9 Å². The van der Waals surface area contributed by atoms with Crippen LogP contribution in [0, 0.1) is 0 Å². The van der Waals surface area contributed by atoms with E-state index in [1.165, 1.54) is 6.26 Å². The number of fused-ring (bicyclic) bond motifs is 1. The van der Waals surface area contributed by atoms with Gasteiger partial charge in [-0.3, -0.25) is 0 Å². The molecule has 5 nitrogen and oxygen atoms in total. The normalized spacial score (nSPS) is 11.5. The van der Waals surface area contributed by atoms with E-state index >= 15 is 0 Å². The van der Waals surface area contributed by atoms with Gasteiger partial charge in [0.05, 0.1) is 11.3 Å². The molecule has 0 fully saturated rings. The van der Waals surface area contributed by atoms with Crippen molar-refractivity contribution in [2.45, 2.75) is 6.42 Å². The van der Waals surface area contributed by atoms with E-state index < -0.39 is 9.84 Å². The molecular weight excluding hydrogens is 382 g/mol. The molecule has 6 heteroatoms. The van der Waals surface area contributed by atoms with Gasteiger partial charge >= 0.3 is 0 Å². The van der Waals surface area contributed by atoms with Crippen molar-refractivity contribution in [1.82, 2.24) is 9.97 Å². The Hall–Kier alpha value is -3.25. The average molecular weight is 404 g/mol. The molecule has 0 saturated heterocycles. The van der Waals surface area contributed by atoms with Gasteiger partial charge in [0.2, 0.25) is 0 Å². The van der Waals surface area contributed by atoms with Crippen LogP contribution in [0.5, 0.6) is 0 Å². The molecule has 0 aliphatic heterocycles. The molecule has 0 radical (unpaired) electrons. The van der Waals surface area contributed by atoms with Crippen LogP contribution in [-0.4, -0.2) is 30.4 Å². The fourth-order valence-electron chi connectivity index (χ4n) is 3.08. The Morgan fingerprint density at radius 2 is 1.52 bits per heavy atom. The van der Waals surface area contributed by atoms with Gasteiger partial charge in [-0.15, -0.1) is 0 Å². The van der Waals surface area contributed by atoms with Crippen LogP contribution in [0.1, 0.15) is 5.56 Å². The third-order valence-corrected chi connectivity index (χ3v) is 5.56. The summed E-state index contributed by atoms with van der Waals surface area (Å²) in [5, 5.41) is 4.33. The second-order valence-electron chi connectivity index (χ2n) is 6.98. The fraction of sp³-hybridized carbons (Fsp3) is 0.130. The van der Waals surface area contributed by atoms with E-state index in [2.05, 4.69) is 5.32 Å². The van der Waals surface area contributed by atoms with Crippen molar-refractivity contribution in [3.8, 4) is 11.4 Å². The highest BCUT2D eigenvalue weighted by molar-refractivity contribution is 7.90. The van der Waals surface area contributed by atoms with Crippen LogP contribution in [0.4, 0.5) is 11.5 Å². The summed E-state index contributed by atoms with van der Waals surface area (Å²) in [6.45, 7) is 0. The first-order chi connectivity index (χ1) is 14.0. The predicted molar refractivity (Wildman–Crippen MR) is 118 cm³/mol. The number of para-hydroxylation sites is 1. The molecule has 0 aliphatic rings. The first-order valence-electron chi connectivity index (χ1n) is 9.34. The Labute approximate surface area is 170 Å². The largest absolute Gasteiger partial charge is 0.340 e. The zero-order valence-corrected chi connectivity index (χ0v) is 16.9. The van der Waals surface area contributed by atoms with Gasteiger partial charge < -0.3 is 5.32 Å². The summed E-state index contributed by atoms with van der Waals surface area (Å²) in [4.78, 5) is 9.46. The Morgan fingerprint density at radius 3 is 2.24 bits per heavy atom. The number of sulfone groups is 1. The van der Waals surface area contributed by atoms with Gasteiger partial charge in [0.25, 0.3) is 0 Å². The third kappa shape index (κ3) is 4.78. The standard InChI is InChI=1S/C23H21N3O2S/c1-29(27,28)16-15-17-11-13-19(14-12-17)24-23-20-9-5-6-10-21(20)25-22(26-23)18-7-3-2-4-8-18/h2-14H,15-16H2,1H3,(H,24,25,26). The number of nitrogens with zero attached hydrogens (tertiary/aromatic N) is 2. The molecule has 29 heavy (non-hydrogen) atoms. The van der Waals surface area contributed by atoms with Crippen LogP contribution >= 0.6 is 0 Å². The summed E-state index contributed by atoms with van der Waals surface area (Å²) in [6, 6.07) is 25.5. The molecule has 0 aliphatic carbocycles. The number of nitrogens with one attached hydrogen (secondary N) is 1. The van der Waals surface area contributed by atoms with Crippen LogP contribution in [0.2, 0.25) is 0 Å². The number of aryl methyl sites for hydroxylation is 1. The second kappa shape index (κ2) is 8.01. The first kappa shape index (κ1) is 19.1. The molecule has 4 aromatic rings. The highest BCUT2D eigenvalue weighted by atomic mass is 32.2. The fourth-order valence-corrected chi connectivity index (χ4v) is 3.69. The molecule has 4 rings (SSSR count). The maximum Gasteiger partial charge on any atom is 0.162 e. The number of aromatic nitrogens is 2. The molecular formula is C23H21N3O2S. The van der Waals surface area contributed by atoms with Crippen molar-refractivity contribution in [2.75, 3.05) is 17.3 Å². The summed E-state index contributed by atoms with van der Waals surface area (Å²) >= 11 is 0. The minimum absolute atomic E-state index is 0.150. The van der Waals surface area contributed by atoms with E-state index in [1.54, 1.807) is 0 Å². The lowest BCUT2D eigenvalue weighted by atomic mass is 10.1. The molecule has 3 aromatic carbocycles. The molecule has 0 unspecified atom stereocenters. The molecule has 1 aromatic heterocycles. The Kier molecular flexibility index (Phi) is 5.27. The number of benzene rings is 3. The SMILES string of the molecule is CS(=O)(=O)CCc1ccc(Nc2nc(-c3ccccc3)nc3ccccc23)cc1. The third-order valence-electron chi connectivity index (χ3n) is 4.61. The molecule has 0 atom stereocenters. The molecule has 146 valence electrons. The van der Waals surface area contributed by atoms with Crippen molar-refractivity contribution in [3.63, 3.8) is 0 Å². The minimum Gasteiger partial charge on any atom is -0.340 e. The van der Waals surface area contributed by atoms with Crippen LogP contribution in [0.25, 0.3) is 22.3 Å². The first-order valence-corrected chi connectivity index (χ1v) is 11.4. The lowest BCUT2D eigenvalue weighted by molar-refractivity contribution is 0.601. The van der Waals surface area contributed by atoms with Crippen LogP contribution in [-0.2, 0) is 16.3 Å². The van der Waals surface area contributed by atoms with Crippen molar-refractivity contribution in [3.05, 3.63) is 84.4 Å². The second-order valence-corrected chi connectivity index (χ2v) is 9.24. The van der Waals surface area contributed by atoms with Crippen molar-refractivity contribution in [1.29, 1.82) is 0 Å². The van der Waals surface area contributed by atoms with E-state index in [0.29, 0.717) is 12.2 Å². The molecule has 1 heterocycles. The van der Waals surface area contributed by atoms with Crippen molar-refractivity contribution < 1.29 is 8.42 Å². The monoisotopic (exact) mass is 403 g/mol.